The number of imide groups is 1. The fourth-order valence-electron chi connectivity index (χ4n) is 1.35. The van der Waals surface area contributed by atoms with Crippen LogP contribution < -0.4 is 10.6 Å². The topological polar surface area (TPSA) is 97.1 Å². The molecule has 1 aliphatic rings. The average Bonchev–Trinajstić information content (AvgIpc) is 2.70. The van der Waals surface area contributed by atoms with Gasteiger partial charge in [0.15, 0.2) is 5.82 Å². The van der Waals surface area contributed by atoms with Gasteiger partial charge in [-0.25, -0.2) is 0 Å². The molecule has 0 aromatic carbocycles. The van der Waals surface area contributed by atoms with Crippen LogP contribution in [0.3, 0.4) is 0 Å². The van der Waals surface area contributed by atoms with Crippen molar-refractivity contribution in [3.8, 4) is 0 Å². The molecule has 2 heterocycles. The van der Waals surface area contributed by atoms with Gasteiger partial charge in [0.2, 0.25) is 17.7 Å². The SMILES string of the molecule is Cc1nc(CNC2CC(=O)NC2=O)no1. The number of nitrogens with one attached hydrogen (secondary N) is 2. The normalized spacial score (nSPS) is 20.7. The second-order valence-corrected chi connectivity index (χ2v) is 3.28. The highest BCUT2D eigenvalue weighted by molar-refractivity contribution is 6.05. The van der Waals surface area contributed by atoms with E-state index >= 15 is 0 Å². The molecule has 2 rings (SSSR count). The lowest BCUT2D eigenvalue weighted by Crippen LogP contribution is -2.36. The van der Waals surface area contributed by atoms with Gasteiger partial charge in [-0.2, -0.15) is 4.98 Å². The second kappa shape index (κ2) is 3.77. The molecule has 1 atom stereocenters. The van der Waals surface area contributed by atoms with Gasteiger partial charge in [0, 0.05) is 6.92 Å². The lowest BCUT2D eigenvalue weighted by molar-refractivity contribution is -0.125. The number of hydrogen-bond donors (Lipinski definition) is 2. The molecule has 7 nitrogen and oxygen atoms in total. The Morgan fingerprint density at radius 1 is 1.60 bits per heavy atom. The largest absolute Gasteiger partial charge is 0.340 e. The lowest BCUT2D eigenvalue weighted by Gasteiger charge is -2.05. The molecule has 1 unspecified atom stereocenters. The Morgan fingerprint density at radius 2 is 2.40 bits per heavy atom. The summed E-state index contributed by atoms with van der Waals surface area (Å²) in [7, 11) is 0. The quantitative estimate of drug-likeness (QED) is 0.613. The Bertz CT molecular complexity index is 400. The van der Waals surface area contributed by atoms with Crippen LogP contribution in [0.1, 0.15) is 18.1 Å². The van der Waals surface area contributed by atoms with Gasteiger partial charge in [0.25, 0.3) is 0 Å². The standard InChI is InChI=1S/C8H10N4O3/c1-4-10-6(12-15-4)3-9-5-2-7(13)11-8(5)14/h5,9H,2-3H2,1H3,(H,11,13,14). The van der Waals surface area contributed by atoms with Gasteiger partial charge < -0.3 is 4.52 Å². The number of carbonyl (C=O) groups excluding carboxylic acids is 2. The van der Waals surface area contributed by atoms with Crippen molar-refractivity contribution >= 4 is 11.8 Å². The minimum Gasteiger partial charge on any atom is -0.340 e. The Hall–Kier alpha value is -1.76. The zero-order chi connectivity index (χ0) is 10.8. The monoisotopic (exact) mass is 210 g/mol. The number of rotatable bonds is 3. The fraction of sp³-hybridized carbons (Fsp3) is 0.500. The van der Waals surface area contributed by atoms with E-state index in [1.807, 2.05) is 0 Å². The molecule has 80 valence electrons. The summed E-state index contributed by atoms with van der Waals surface area (Å²) in [6.45, 7) is 1.99. The molecule has 1 aromatic rings. The van der Waals surface area contributed by atoms with Crippen molar-refractivity contribution in [1.29, 1.82) is 0 Å². The molecule has 0 radical (unpaired) electrons. The molecule has 1 aliphatic heterocycles. The van der Waals surface area contributed by atoms with E-state index in [1.165, 1.54) is 0 Å². The molecular formula is C8H10N4O3. The number of carbonyl (C=O) groups is 2. The lowest BCUT2D eigenvalue weighted by atomic mass is 10.2. The Kier molecular flexibility index (Phi) is 2.46. The van der Waals surface area contributed by atoms with Crippen molar-refractivity contribution in [2.24, 2.45) is 0 Å². The third-order valence-electron chi connectivity index (χ3n) is 2.04. The van der Waals surface area contributed by atoms with E-state index in [9.17, 15) is 9.59 Å². The number of amides is 2. The van der Waals surface area contributed by atoms with Crippen molar-refractivity contribution in [3.05, 3.63) is 11.7 Å². The zero-order valence-electron chi connectivity index (χ0n) is 8.11. The summed E-state index contributed by atoms with van der Waals surface area (Å²) in [6.07, 6.45) is 0.162. The first-order valence-electron chi connectivity index (χ1n) is 4.51. The molecule has 15 heavy (non-hydrogen) atoms. The van der Waals surface area contributed by atoms with Crippen LogP contribution >= 0.6 is 0 Å². The Morgan fingerprint density at radius 3 is 2.93 bits per heavy atom. The summed E-state index contributed by atoms with van der Waals surface area (Å²) in [5, 5.41) is 8.73. The smallest absolute Gasteiger partial charge is 0.244 e. The Labute approximate surface area is 85.2 Å². The van der Waals surface area contributed by atoms with Crippen LogP contribution in [0.2, 0.25) is 0 Å². The van der Waals surface area contributed by atoms with Crippen molar-refractivity contribution in [1.82, 2.24) is 20.8 Å². The van der Waals surface area contributed by atoms with Crippen LogP contribution in [0.15, 0.2) is 4.52 Å². The summed E-state index contributed by atoms with van der Waals surface area (Å²) >= 11 is 0. The van der Waals surface area contributed by atoms with Gasteiger partial charge in [-0.05, 0) is 0 Å². The van der Waals surface area contributed by atoms with Crippen molar-refractivity contribution < 1.29 is 14.1 Å². The summed E-state index contributed by atoms with van der Waals surface area (Å²) in [4.78, 5) is 26.0. The summed E-state index contributed by atoms with van der Waals surface area (Å²) in [5.41, 5.74) is 0. The Balaban J connectivity index is 1.88. The number of aryl methyl sites for hydroxylation is 1. The first-order valence-corrected chi connectivity index (χ1v) is 4.51. The maximum atomic E-state index is 11.2. The summed E-state index contributed by atoms with van der Waals surface area (Å²) in [5.74, 6) is 0.375. The number of aromatic nitrogens is 2. The van der Waals surface area contributed by atoms with E-state index in [4.69, 9.17) is 4.52 Å². The van der Waals surface area contributed by atoms with E-state index in [-0.39, 0.29) is 18.2 Å². The third kappa shape index (κ3) is 2.18. The van der Waals surface area contributed by atoms with Crippen LogP contribution in [0, 0.1) is 6.92 Å². The van der Waals surface area contributed by atoms with Crippen LogP contribution in [0.25, 0.3) is 0 Å². The van der Waals surface area contributed by atoms with E-state index in [2.05, 4.69) is 20.8 Å². The van der Waals surface area contributed by atoms with Gasteiger partial charge in [0.1, 0.15) is 0 Å². The molecule has 2 amide bonds. The fourth-order valence-corrected chi connectivity index (χ4v) is 1.35. The van der Waals surface area contributed by atoms with Crippen molar-refractivity contribution in [2.45, 2.75) is 25.9 Å². The molecule has 0 aliphatic carbocycles. The zero-order valence-corrected chi connectivity index (χ0v) is 8.11. The molecule has 7 heteroatoms. The molecule has 1 fully saturated rings. The molecule has 1 aromatic heterocycles. The molecule has 2 N–H and O–H groups in total. The highest BCUT2D eigenvalue weighted by atomic mass is 16.5. The average molecular weight is 210 g/mol. The van der Waals surface area contributed by atoms with Gasteiger partial charge in [-0.15, -0.1) is 0 Å². The highest BCUT2D eigenvalue weighted by Crippen LogP contribution is 2.02. The molecule has 0 spiro atoms. The van der Waals surface area contributed by atoms with E-state index in [1.54, 1.807) is 6.92 Å². The number of hydrogen-bond acceptors (Lipinski definition) is 6. The molecule has 1 saturated heterocycles. The van der Waals surface area contributed by atoms with Crippen LogP contribution in [0.4, 0.5) is 0 Å². The maximum Gasteiger partial charge on any atom is 0.244 e. The van der Waals surface area contributed by atoms with E-state index in [0.29, 0.717) is 18.3 Å². The summed E-state index contributed by atoms with van der Waals surface area (Å²) < 4.78 is 4.76. The minimum absolute atomic E-state index is 0.162. The van der Waals surface area contributed by atoms with Crippen LogP contribution in [-0.2, 0) is 16.1 Å². The summed E-state index contributed by atoms with van der Waals surface area (Å²) in [6, 6.07) is -0.490. The van der Waals surface area contributed by atoms with Gasteiger partial charge in [-0.3, -0.25) is 20.2 Å². The van der Waals surface area contributed by atoms with Gasteiger partial charge in [0.05, 0.1) is 19.0 Å². The predicted molar refractivity (Wildman–Crippen MR) is 47.4 cm³/mol. The third-order valence-corrected chi connectivity index (χ3v) is 2.04. The molecule has 0 saturated carbocycles. The first-order chi connectivity index (χ1) is 7.15. The van der Waals surface area contributed by atoms with Crippen molar-refractivity contribution in [2.75, 3.05) is 0 Å². The van der Waals surface area contributed by atoms with E-state index in [0.717, 1.165) is 0 Å². The van der Waals surface area contributed by atoms with Crippen LogP contribution in [-0.4, -0.2) is 28.0 Å². The first kappa shape index (κ1) is 9.78. The van der Waals surface area contributed by atoms with Crippen LogP contribution in [0.5, 0.6) is 0 Å². The molecular weight excluding hydrogens is 200 g/mol. The van der Waals surface area contributed by atoms with Gasteiger partial charge in [-0.1, -0.05) is 5.16 Å². The van der Waals surface area contributed by atoms with Gasteiger partial charge >= 0.3 is 0 Å². The maximum absolute atomic E-state index is 11.2. The highest BCUT2D eigenvalue weighted by Gasteiger charge is 2.30. The van der Waals surface area contributed by atoms with E-state index < -0.39 is 6.04 Å². The number of nitrogens with zero attached hydrogens (tertiary/aromatic N) is 2. The molecule has 0 bridgehead atoms. The van der Waals surface area contributed by atoms with Crippen molar-refractivity contribution in [3.63, 3.8) is 0 Å². The minimum atomic E-state index is -0.490. The second-order valence-electron chi connectivity index (χ2n) is 3.28. The predicted octanol–water partition coefficient (Wildman–Crippen LogP) is -1.12.